The van der Waals surface area contributed by atoms with Crippen LogP contribution in [0.4, 0.5) is 5.69 Å². The molecule has 4 aromatic rings. The molecule has 0 aliphatic rings. The van der Waals surface area contributed by atoms with E-state index in [0.29, 0.717) is 28.4 Å². The van der Waals surface area contributed by atoms with E-state index in [-0.39, 0.29) is 24.5 Å². The molecule has 0 saturated carbocycles. The number of nitrogens with one attached hydrogen (secondary N) is 1. The number of ether oxygens (including phenoxy) is 2. The number of benzene rings is 2. The van der Waals surface area contributed by atoms with Gasteiger partial charge in [0.1, 0.15) is 22.7 Å². The molecule has 2 aromatic heterocycles. The molecule has 164 valence electrons. The molecule has 4 rings (SSSR count). The summed E-state index contributed by atoms with van der Waals surface area (Å²) in [5, 5.41) is 6.81. The third-order valence-electron chi connectivity index (χ3n) is 5.04. The molecule has 1 N–H and O–H groups in total. The van der Waals surface area contributed by atoms with Crippen LogP contribution in [0.3, 0.4) is 0 Å². The van der Waals surface area contributed by atoms with Crippen molar-refractivity contribution in [1.29, 1.82) is 0 Å². The summed E-state index contributed by atoms with van der Waals surface area (Å²) >= 11 is 0. The zero-order valence-corrected chi connectivity index (χ0v) is 17.9. The highest BCUT2D eigenvalue weighted by Gasteiger charge is 2.17. The molecule has 0 bridgehead atoms. The molecule has 0 unspecified atom stereocenters. The average molecular weight is 434 g/mol. The Morgan fingerprint density at radius 3 is 2.62 bits per heavy atom. The maximum Gasteiger partial charge on any atom is 0.299 e. The second-order valence-corrected chi connectivity index (χ2v) is 7.18. The Labute approximate surface area is 183 Å². The van der Waals surface area contributed by atoms with Crippen LogP contribution >= 0.6 is 0 Å². The average Bonchev–Trinajstić information content (AvgIpc) is 3.24. The first kappa shape index (κ1) is 21.1. The van der Waals surface area contributed by atoms with Crippen molar-refractivity contribution in [1.82, 2.24) is 14.7 Å². The van der Waals surface area contributed by atoms with E-state index in [2.05, 4.69) is 15.5 Å². The van der Waals surface area contributed by atoms with Crippen LogP contribution in [0.15, 0.2) is 58.1 Å². The van der Waals surface area contributed by atoms with Crippen molar-refractivity contribution < 1.29 is 18.8 Å². The van der Waals surface area contributed by atoms with E-state index < -0.39 is 5.56 Å². The number of amides is 1. The van der Waals surface area contributed by atoms with Gasteiger partial charge in [0, 0.05) is 24.6 Å². The number of rotatable bonds is 7. The molecule has 0 saturated heterocycles. The minimum atomic E-state index is -0.393. The summed E-state index contributed by atoms with van der Waals surface area (Å²) in [7, 11) is 3.06. The standard InChI is InChI=1S/C23H22N4O5/c1-14-4-6-15(7-5-14)20-21-22(32-26-20)23(29)27(13-24-21)11-10-19(28)25-17-9-8-16(30-2)12-18(17)31-3/h4-9,12-13H,10-11H2,1-3H3,(H,25,28). The fourth-order valence-corrected chi connectivity index (χ4v) is 3.25. The van der Waals surface area contributed by atoms with Crippen LogP contribution in [0.25, 0.3) is 22.4 Å². The van der Waals surface area contributed by atoms with Crippen molar-refractivity contribution in [2.75, 3.05) is 19.5 Å². The van der Waals surface area contributed by atoms with Crippen molar-refractivity contribution in [2.45, 2.75) is 19.9 Å². The van der Waals surface area contributed by atoms with Gasteiger partial charge in [0.15, 0.2) is 0 Å². The molecule has 9 heteroatoms. The second-order valence-electron chi connectivity index (χ2n) is 7.18. The molecule has 9 nitrogen and oxygen atoms in total. The van der Waals surface area contributed by atoms with Gasteiger partial charge in [-0.05, 0) is 19.1 Å². The number of hydrogen-bond donors (Lipinski definition) is 1. The monoisotopic (exact) mass is 434 g/mol. The Morgan fingerprint density at radius 2 is 1.91 bits per heavy atom. The van der Waals surface area contributed by atoms with Crippen LogP contribution in [-0.2, 0) is 11.3 Å². The number of anilines is 1. The van der Waals surface area contributed by atoms with Crippen LogP contribution in [0.2, 0.25) is 0 Å². The van der Waals surface area contributed by atoms with E-state index in [1.807, 2.05) is 31.2 Å². The number of fused-ring (bicyclic) bond motifs is 1. The van der Waals surface area contributed by atoms with E-state index in [1.165, 1.54) is 18.0 Å². The SMILES string of the molecule is COc1ccc(NC(=O)CCn2cnc3c(-c4ccc(C)cc4)noc3c2=O)c(OC)c1. The van der Waals surface area contributed by atoms with Gasteiger partial charge in [0.2, 0.25) is 5.91 Å². The third kappa shape index (κ3) is 4.18. The van der Waals surface area contributed by atoms with Crippen LogP contribution in [0.5, 0.6) is 11.5 Å². The first-order valence-corrected chi connectivity index (χ1v) is 9.94. The highest BCUT2D eigenvalue weighted by atomic mass is 16.5. The summed E-state index contributed by atoms with van der Waals surface area (Å²) in [6.45, 7) is 2.12. The Kier molecular flexibility index (Phi) is 5.89. The van der Waals surface area contributed by atoms with Gasteiger partial charge in [-0.25, -0.2) is 4.98 Å². The lowest BCUT2D eigenvalue weighted by Gasteiger charge is -2.12. The number of carbonyl (C=O) groups is 1. The molecule has 2 aromatic carbocycles. The molecule has 0 spiro atoms. The topological polar surface area (TPSA) is 108 Å². The zero-order valence-electron chi connectivity index (χ0n) is 17.9. The number of hydrogen-bond acceptors (Lipinski definition) is 7. The Hall–Kier alpha value is -4.14. The predicted molar refractivity (Wildman–Crippen MR) is 119 cm³/mol. The van der Waals surface area contributed by atoms with Crippen LogP contribution in [0, 0.1) is 6.92 Å². The van der Waals surface area contributed by atoms with Gasteiger partial charge in [-0.15, -0.1) is 0 Å². The Bertz CT molecular complexity index is 1320. The van der Waals surface area contributed by atoms with E-state index in [0.717, 1.165) is 11.1 Å². The summed E-state index contributed by atoms with van der Waals surface area (Å²) in [4.78, 5) is 29.6. The van der Waals surface area contributed by atoms with E-state index >= 15 is 0 Å². The number of carbonyl (C=O) groups excluding carboxylic acids is 1. The summed E-state index contributed by atoms with van der Waals surface area (Å²) in [5.41, 5.74) is 3.00. The lowest BCUT2D eigenvalue weighted by molar-refractivity contribution is -0.116. The molecule has 0 atom stereocenters. The van der Waals surface area contributed by atoms with E-state index in [9.17, 15) is 9.59 Å². The summed E-state index contributed by atoms with van der Waals surface area (Å²) < 4.78 is 17.1. The van der Waals surface area contributed by atoms with E-state index in [4.69, 9.17) is 14.0 Å². The van der Waals surface area contributed by atoms with Crippen molar-refractivity contribution in [2.24, 2.45) is 0 Å². The van der Waals surface area contributed by atoms with Crippen molar-refractivity contribution in [3.05, 3.63) is 64.7 Å². The lowest BCUT2D eigenvalue weighted by atomic mass is 10.1. The highest BCUT2D eigenvalue weighted by molar-refractivity contribution is 5.92. The van der Waals surface area contributed by atoms with Crippen molar-refractivity contribution in [3.63, 3.8) is 0 Å². The molecular weight excluding hydrogens is 412 g/mol. The van der Waals surface area contributed by atoms with Gasteiger partial charge >= 0.3 is 0 Å². The molecule has 32 heavy (non-hydrogen) atoms. The summed E-state index contributed by atoms with van der Waals surface area (Å²) in [6.07, 6.45) is 1.46. The first-order chi connectivity index (χ1) is 15.5. The predicted octanol–water partition coefficient (Wildman–Crippen LogP) is 3.41. The fourth-order valence-electron chi connectivity index (χ4n) is 3.25. The van der Waals surface area contributed by atoms with Crippen molar-refractivity contribution >= 4 is 22.7 Å². The summed E-state index contributed by atoms with van der Waals surface area (Å²) in [6, 6.07) is 12.8. The molecule has 1 amide bonds. The molecule has 0 fully saturated rings. The van der Waals surface area contributed by atoms with Gasteiger partial charge in [0.25, 0.3) is 11.1 Å². The molecule has 0 aliphatic heterocycles. The minimum absolute atomic E-state index is 0.0558. The molecule has 0 aliphatic carbocycles. The normalized spacial score (nSPS) is 10.8. The quantitative estimate of drug-likeness (QED) is 0.475. The maximum absolute atomic E-state index is 12.8. The minimum Gasteiger partial charge on any atom is -0.497 e. The number of nitrogens with zero attached hydrogens (tertiary/aromatic N) is 3. The van der Waals surface area contributed by atoms with E-state index in [1.54, 1.807) is 25.3 Å². The van der Waals surface area contributed by atoms with Gasteiger partial charge in [-0.2, -0.15) is 0 Å². The fraction of sp³-hybridized carbons (Fsp3) is 0.217. The summed E-state index contributed by atoms with van der Waals surface area (Å²) in [5.74, 6) is 0.810. The molecule has 0 radical (unpaired) electrons. The van der Waals surface area contributed by atoms with Gasteiger partial charge in [0.05, 0.1) is 26.2 Å². The molecular formula is C23H22N4O5. The maximum atomic E-state index is 12.8. The number of methoxy groups -OCH3 is 2. The first-order valence-electron chi connectivity index (χ1n) is 9.94. The van der Waals surface area contributed by atoms with Crippen LogP contribution in [0.1, 0.15) is 12.0 Å². The van der Waals surface area contributed by atoms with Gasteiger partial charge < -0.3 is 19.3 Å². The largest absolute Gasteiger partial charge is 0.497 e. The zero-order chi connectivity index (χ0) is 22.7. The van der Waals surface area contributed by atoms with Crippen LogP contribution < -0.4 is 20.3 Å². The lowest BCUT2D eigenvalue weighted by Crippen LogP contribution is -2.23. The smallest absolute Gasteiger partial charge is 0.299 e. The number of aromatic nitrogens is 3. The Morgan fingerprint density at radius 1 is 1.12 bits per heavy atom. The van der Waals surface area contributed by atoms with Crippen molar-refractivity contribution in [3.8, 4) is 22.8 Å². The van der Waals surface area contributed by atoms with Gasteiger partial charge in [-0.3, -0.25) is 14.2 Å². The second kappa shape index (κ2) is 8.93. The highest BCUT2D eigenvalue weighted by Crippen LogP contribution is 2.29. The van der Waals surface area contributed by atoms with Crippen LogP contribution in [-0.4, -0.2) is 34.8 Å². The molecule has 2 heterocycles. The number of aryl methyl sites for hydroxylation is 2. The Balaban J connectivity index is 1.49. The van der Waals surface area contributed by atoms with Gasteiger partial charge in [-0.1, -0.05) is 35.0 Å². The third-order valence-corrected chi connectivity index (χ3v) is 5.04.